The quantitative estimate of drug-likeness (QED) is 0.554. The normalized spacial score (nSPS) is 16.3. The van der Waals surface area contributed by atoms with Crippen LogP contribution in [0.4, 0.5) is 16.3 Å². The highest BCUT2D eigenvalue weighted by atomic mass is 35.5. The Hall–Kier alpha value is -2.38. The summed E-state index contributed by atoms with van der Waals surface area (Å²) >= 11 is 8.05. The van der Waals surface area contributed by atoms with Gasteiger partial charge in [-0.05, 0) is 55.9 Å². The molecule has 2 aromatic heterocycles. The number of hydrogen-bond donors (Lipinski definition) is 1. The van der Waals surface area contributed by atoms with E-state index in [4.69, 9.17) is 21.6 Å². The van der Waals surface area contributed by atoms with Crippen molar-refractivity contribution in [2.45, 2.75) is 46.0 Å². The van der Waals surface area contributed by atoms with Crippen LogP contribution in [0.1, 0.15) is 41.6 Å². The molecule has 2 amide bonds. The lowest BCUT2D eigenvalue weighted by atomic mass is 9.97. The van der Waals surface area contributed by atoms with Crippen molar-refractivity contribution in [3.8, 4) is 0 Å². The molecule has 168 valence electrons. The summed E-state index contributed by atoms with van der Waals surface area (Å²) in [7, 11) is 0. The number of amides is 2. The van der Waals surface area contributed by atoms with Gasteiger partial charge in [0, 0.05) is 48.2 Å². The van der Waals surface area contributed by atoms with Crippen molar-refractivity contribution in [2.24, 2.45) is 0 Å². The number of thiophene rings is 1. The van der Waals surface area contributed by atoms with Crippen LogP contribution >= 0.6 is 22.9 Å². The van der Waals surface area contributed by atoms with Crippen molar-refractivity contribution in [1.82, 2.24) is 14.9 Å². The molecule has 3 heterocycles. The Bertz CT molecular complexity index is 1170. The first kappa shape index (κ1) is 21.5. The molecule has 1 aliphatic carbocycles. The second-order valence-corrected chi connectivity index (χ2v) is 10.1. The number of nitrogens with zero attached hydrogens (tertiary/aromatic N) is 4. The largest absolute Gasteiger partial charge is 0.352 e. The van der Waals surface area contributed by atoms with Gasteiger partial charge in [0.25, 0.3) is 0 Å². The molecular formula is C24H28ClN5OS. The van der Waals surface area contributed by atoms with E-state index >= 15 is 0 Å². The Morgan fingerprint density at radius 3 is 2.69 bits per heavy atom. The number of anilines is 2. The number of carbonyl (C=O) groups is 1. The van der Waals surface area contributed by atoms with Gasteiger partial charge >= 0.3 is 6.03 Å². The standard InChI is InChI=1S/C24H28ClN5OS/c1-3-20-27-22(21-17-6-4-5-7-19(17)32-23(21)28-20)29-10-12-30(13-11-29)24(31)26-16-9-8-15(2)18(25)14-16/h8-9,14H,3-7,10-13H2,1-2H3,(H,26,31). The van der Waals surface area contributed by atoms with E-state index in [1.165, 1.54) is 28.7 Å². The lowest BCUT2D eigenvalue weighted by molar-refractivity contribution is 0.208. The van der Waals surface area contributed by atoms with Crippen molar-refractivity contribution in [1.29, 1.82) is 0 Å². The van der Waals surface area contributed by atoms with E-state index in [1.54, 1.807) is 6.07 Å². The third-order valence-corrected chi connectivity index (χ3v) is 8.04. The van der Waals surface area contributed by atoms with Crippen molar-refractivity contribution < 1.29 is 4.79 Å². The Labute approximate surface area is 197 Å². The highest BCUT2D eigenvalue weighted by molar-refractivity contribution is 7.19. The second kappa shape index (κ2) is 8.87. The Morgan fingerprint density at radius 2 is 1.94 bits per heavy atom. The van der Waals surface area contributed by atoms with Gasteiger partial charge in [-0.2, -0.15) is 0 Å². The minimum absolute atomic E-state index is 0.0837. The summed E-state index contributed by atoms with van der Waals surface area (Å²) in [5, 5.41) is 4.90. The predicted octanol–water partition coefficient (Wildman–Crippen LogP) is 5.45. The van der Waals surface area contributed by atoms with Crippen LogP contribution in [-0.4, -0.2) is 47.1 Å². The molecule has 1 fully saturated rings. The van der Waals surface area contributed by atoms with Gasteiger partial charge in [-0.1, -0.05) is 24.6 Å². The van der Waals surface area contributed by atoms with Crippen LogP contribution in [0, 0.1) is 6.92 Å². The summed E-state index contributed by atoms with van der Waals surface area (Å²) < 4.78 is 0. The monoisotopic (exact) mass is 469 g/mol. The number of urea groups is 1. The maximum Gasteiger partial charge on any atom is 0.321 e. The summed E-state index contributed by atoms with van der Waals surface area (Å²) in [6.45, 7) is 6.91. The molecule has 0 atom stereocenters. The van der Waals surface area contributed by atoms with E-state index in [0.29, 0.717) is 18.1 Å². The van der Waals surface area contributed by atoms with Gasteiger partial charge in [0.2, 0.25) is 0 Å². The number of aryl methyl sites for hydroxylation is 4. The SMILES string of the molecule is CCc1nc(N2CCN(C(=O)Nc3ccc(C)c(Cl)c3)CC2)c2c3c(sc2n1)CCCC3. The van der Waals surface area contributed by atoms with Crippen LogP contribution in [-0.2, 0) is 19.3 Å². The maximum atomic E-state index is 12.8. The first-order valence-electron chi connectivity index (χ1n) is 11.4. The van der Waals surface area contributed by atoms with E-state index in [9.17, 15) is 4.79 Å². The minimum Gasteiger partial charge on any atom is -0.352 e. The summed E-state index contributed by atoms with van der Waals surface area (Å²) in [4.78, 5) is 29.5. The van der Waals surface area contributed by atoms with Gasteiger partial charge in [0.05, 0.1) is 5.39 Å². The van der Waals surface area contributed by atoms with Crippen LogP contribution in [0.25, 0.3) is 10.2 Å². The van der Waals surface area contributed by atoms with Crippen molar-refractivity contribution in [3.63, 3.8) is 0 Å². The van der Waals surface area contributed by atoms with Gasteiger partial charge in [0.1, 0.15) is 16.5 Å². The smallest absolute Gasteiger partial charge is 0.321 e. The molecule has 6 nitrogen and oxygen atoms in total. The third-order valence-electron chi connectivity index (χ3n) is 6.45. The fraction of sp³-hybridized carbons (Fsp3) is 0.458. The van der Waals surface area contributed by atoms with E-state index in [0.717, 1.165) is 60.1 Å². The molecule has 0 radical (unpaired) electrons. The molecule has 5 rings (SSSR count). The number of piperazine rings is 1. The van der Waals surface area contributed by atoms with Crippen LogP contribution in [0.3, 0.4) is 0 Å². The average Bonchev–Trinajstić information content (AvgIpc) is 3.19. The molecule has 0 saturated carbocycles. The molecule has 2 aliphatic rings. The second-order valence-electron chi connectivity index (χ2n) is 8.58. The molecule has 3 aromatic rings. The van der Waals surface area contributed by atoms with Crippen molar-refractivity contribution in [3.05, 3.63) is 45.1 Å². The van der Waals surface area contributed by atoms with E-state index in [-0.39, 0.29) is 6.03 Å². The number of aromatic nitrogens is 2. The maximum absolute atomic E-state index is 12.8. The molecule has 0 bridgehead atoms. The number of rotatable bonds is 3. The molecular weight excluding hydrogens is 442 g/mol. The molecule has 0 spiro atoms. The summed E-state index contributed by atoms with van der Waals surface area (Å²) in [6, 6.07) is 5.52. The van der Waals surface area contributed by atoms with Gasteiger partial charge in [0.15, 0.2) is 0 Å². The number of fused-ring (bicyclic) bond motifs is 3. The number of nitrogens with one attached hydrogen (secondary N) is 1. The predicted molar refractivity (Wildman–Crippen MR) is 132 cm³/mol. The van der Waals surface area contributed by atoms with Crippen molar-refractivity contribution in [2.75, 3.05) is 36.4 Å². The number of hydrogen-bond acceptors (Lipinski definition) is 5. The van der Waals surface area contributed by atoms with Gasteiger partial charge in [-0.25, -0.2) is 14.8 Å². The van der Waals surface area contributed by atoms with Gasteiger partial charge < -0.3 is 15.1 Å². The van der Waals surface area contributed by atoms with E-state index in [2.05, 4.69) is 17.1 Å². The molecule has 0 unspecified atom stereocenters. The third kappa shape index (κ3) is 4.04. The lowest BCUT2D eigenvalue weighted by Gasteiger charge is -2.36. The van der Waals surface area contributed by atoms with Crippen LogP contribution < -0.4 is 10.2 Å². The van der Waals surface area contributed by atoms with Crippen molar-refractivity contribution >= 4 is 50.7 Å². The Morgan fingerprint density at radius 1 is 1.16 bits per heavy atom. The van der Waals surface area contributed by atoms with Gasteiger partial charge in [-0.3, -0.25) is 0 Å². The fourth-order valence-electron chi connectivity index (χ4n) is 4.56. The highest BCUT2D eigenvalue weighted by Gasteiger charge is 2.27. The van der Waals surface area contributed by atoms with Crippen LogP contribution in [0.2, 0.25) is 5.02 Å². The number of carbonyl (C=O) groups excluding carboxylic acids is 1. The first-order chi connectivity index (χ1) is 15.5. The molecule has 1 aromatic carbocycles. The minimum atomic E-state index is -0.0837. The zero-order valence-electron chi connectivity index (χ0n) is 18.6. The molecule has 32 heavy (non-hydrogen) atoms. The zero-order valence-corrected chi connectivity index (χ0v) is 20.2. The summed E-state index contributed by atoms with van der Waals surface area (Å²) in [6.07, 6.45) is 5.62. The number of benzene rings is 1. The number of halogens is 1. The highest BCUT2D eigenvalue weighted by Crippen LogP contribution is 2.40. The molecule has 1 aliphatic heterocycles. The average molecular weight is 470 g/mol. The van der Waals surface area contributed by atoms with E-state index in [1.807, 2.05) is 35.3 Å². The summed E-state index contributed by atoms with van der Waals surface area (Å²) in [5.41, 5.74) is 3.19. The van der Waals surface area contributed by atoms with Gasteiger partial charge in [-0.15, -0.1) is 11.3 Å². The Kier molecular flexibility index (Phi) is 5.95. The molecule has 1 N–H and O–H groups in total. The zero-order chi connectivity index (χ0) is 22.2. The van der Waals surface area contributed by atoms with Crippen LogP contribution in [0.15, 0.2) is 18.2 Å². The Balaban J connectivity index is 1.34. The molecule has 8 heteroatoms. The molecule has 1 saturated heterocycles. The summed E-state index contributed by atoms with van der Waals surface area (Å²) in [5.74, 6) is 1.97. The topological polar surface area (TPSA) is 61.4 Å². The van der Waals surface area contributed by atoms with Crippen LogP contribution in [0.5, 0.6) is 0 Å². The lowest BCUT2D eigenvalue weighted by Crippen LogP contribution is -2.50. The first-order valence-corrected chi connectivity index (χ1v) is 12.6. The van der Waals surface area contributed by atoms with E-state index < -0.39 is 0 Å². The fourth-order valence-corrected chi connectivity index (χ4v) is 6.02.